The first-order valence-corrected chi connectivity index (χ1v) is 10.4. The van der Waals surface area contributed by atoms with Crippen molar-refractivity contribution in [3.8, 4) is 45.0 Å². The van der Waals surface area contributed by atoms with Gasteiger partial charge in [-0.2, -0.15) is 0 Å². The van der Waals surface area contributed by atoms with Crippen LogP contribution >= 0.6 is 0 Å². The lowest BCUT2D eigenvalue weighted by atomic mass is 9.94. The highest BCUT2D eigenvalue weighted by atomic mass is 19.1. The molecule has 0 fully saturated rings. The van der Waals surface area contributed by atoms with Gasteiger partial charge in [-0.1, -0.05) is 12.1 Å². The third kappa shape index (κ3) is 4.30. The summed E-state index contributed by atoms with van der Waals surface area (Å²) in [6.07, 6.45) is 0. The molecule has 0 radical (unpaired) electrons. The Morgan fingerprint density at radius 3 is 1.00 bits per heavy atom. The summed E-state index contributed by atoms with van der Waals surface area (Å²) in [5.74, 6) is -1.30. The van der Waals surface area contributed by atoms with E-state index in [4.69, 9.17) is 9.97 Å². The van der Waals surface area contributed by atoms with Crippen LogP contribution in [0.25, 0.3) is 45.0 Å². The lowest BCUT2D eigenvalue weighted by molar-refractivity contribution is 0.627. The summed E-state index contributed by atoms with van der Waals surface area (Å²) in [7, 11) is 0. The number of aromatic nitrogens is 2. The maximum Gasteiger partial charge on any atom is 0.160 e. The molecule has 4 aromatic carbocycles. The molecule has 0 aliphatic carbocycles. The van der Waals surface area contributed by atoms with E-state index < -0.39 is 23.3 Å². The van der Waals surface area contributed by atoms with Gasteiger partial charge in [-0.25, -0.2) is 27.5 Å². The quantitative estimate of drug-likeness (QED) is 0.259. The SMILES string of the molecule is Fc1ccc(-c2nc(-c3ccc(F)cc3)c(-c3ccc(F)cc3)c(-c3ccc(F)cc3)n2)cc1. The summed E-state index contributed by atoms with van der Waals surface area (Å²) >= 11 is 0. The van der Waals surface area contributed by atoms with Crippen molar-refractivity contribution in [2.24, 2.45) is 0 Å². The van der Waals surface area contributed by atoms with Gasteiger partial charge < -0.3 is 0 Å². The minimum absolute atomic E-state index is 0.310. The molecule has 166 valence electrons. The summed E-state index contributed by atoms with van der Waals surface area (Å²) < 4.78 is 54.6. The zero-order valence-corrected chi connectivity index (χ0v) is 17.6. The first-order valence-electron chi connectivity index (χ1n) is 10.4. The van der Waals surface area contributed by atoms with Gasteiger partial charge in [-0.3, -0.25) is 0 Å². The molecule has 0 amide bonds. The Balaban J connectivity index is 1.86. The normalized spacial score (nSPS) is 10.9. The fourth-order valence-electron chi connectivity index (χ4n) is 3.71. The molecule has 34 heavy (non-hydrogen) atoms. The number of hydrogen-bond acceptors (Lipinski definition) is 2. The van der Waals surface area contributed by atoms with Crippen molar-refractivity contribution in [3.63, 3.8) is 0 Å². The van der Waals surface area contributed by atoms with Crippen molar-refractivity contribution in [2.75, 3.05) is 0 Å². The molecule has 5 rings (SSSR count). The molecule has 0 aliphatic rings. The molecule has 0 aliphatic heterocycles. The van der Waals surface area contributed by atoms with Gasteiger partial charge in [0.15, 0.2) is 5.82 Å². The van der Waals surface area contributed by atoms with Gasteiger partial charge in [-0.05, 0) is 90.5 Å². The van der Waals surface area contributed by atoms with Crippen LogP contribution in [0.4, 0.5) is 17.6 Å². The summed E-state index contributed by atoms with van der Waals surface area (Å²) in [5.41, 5.74) is 3.93. The predicted molar refractivity (Wildman–Crippen MR) is 124 cm³/mol. The van der Waals surface area contributed by atoms with Crippen molar-refractivity contribution < 1.29 is 17.6 Å². The van der Waals surface area contributed by atoms with Crippen LogP contribution in [0, 0.1) is 23.3 Å². The van der Waals surface area contributed by atoms with Crippen molar-refractivity contribution in [1.82, 2.24) is 9.97 Å². The molecule has 6 heteroatoms. The number of hydrogen-bond donors (Lipinski definition) is 0. The van der Waals surface area contributed by atoms with E-state index in [0.29, 0.717) is 45.0 Å². The maximum absolute atomic E-state index is 13.7. The highest BCUT2D eigenvalue weighted by molar-refractivity contribution is 5.92. The van der Waals surface area contributed by atoms with E-state index in [1.165, 1.54) is 48.5 Å². The van der Waals surface area contributed by atoms with Crippen LogP contribution in [-0.4, -0.2) is 9.97 Å². The average molecular weight is 456 g/mol. The number of halogens is 4. The number of nitrogens with zero attached hydrogens (tertiary/aromatic N) is 2. The van der Waals surface area contributed by atoms with Gasteiger partial charge in [0.05, 0.1) is 11.4 Å². The van der Waals surface area contributed by atoms with Crippen LogP contribution in [0.15, 0.2) is 97.1 Å². The third-order valence-electron chi connectivity index (χ3n) is 5.38. The first-order chi connectivity index (χ1) is 16.5. The highest BCUT2D eigenvalue weighted by Gasteiger charge is 2.20. The fraction of sp³-hybridized carbons (Fsp3) is 0. The predicted octanol–water partition coefficient (Wildman–Crippen LogP) is 7.70. The Labute approximate surface area is 193 Å². The minimum Gasteiger partial charge on any atom is -0.227 e. The van der Waals surface area contributed by atoms with Crippen LogP contribution in [0.5, 0.6) is 0 Å². The van der Waals surface area contributed by atoms with Crippen LogP contribution in [0.3, 0.4) is 0 Å². The lowest BCUT2D eigenvalue weighted by Gasteiger charge is -2.17. The molecular weight excluding hydrogens is 440 g/mol. The number of benzene rings is 4. The molecule has 2 nitrogen and oxygen atoms in total. The summed E-state index contributed by atoms with van der Waals surface area (Å²) in [5, 5.41) is 0. The zero-order valence-electron chi connectivity index (χ0n) is 17.6. The summed E-state index contributed by atoms with van der Waals surface area (Å²) in [4.78, 5) is 9.50. The summed E-state index contributed by atoms with van der Waals surface area (Å²) in [6, 6.07) is 23.2. The first kappa shape index (κ1) is 21.5. The van der Waals surface area contributed by atoms with E-state index in [0.717, 1.165) is 0 Å². The Morgan fingerprint density at radius 1 is 0.353 bits per heavy atom. The van der Waals surface area contributed by atoms with Crippen LogP contribution in [0.1, 0.15) is 0 Å². The summed E-state index contributed by atoms with van der Waals surface area (Å²) in [6.45, 7) is 0. The molecule has 0 N–H and O–H groups in total. The largest absolute Gasteiger partial charge is 0.227 e. The molecule has 0 unspecified atom stereocenters. The lowest BCUT2D eigenvalue weighted by Crippen LogP contribution is -2.01. The topological polar surface area (TPSA) is 25.8 Å². The molecule has 1 aromatic heterocycles. The van der Waals surface area contributed by atoms with E-state index in [-0.39, 0.29) is 0 Å². The fourth-order valence-corrected chi connectivity index (χ4v) is 3.71. The second-order valence-corrected chi connectivity index (χ2v) is 7.65. The van der Waals surface area contributed by atoms with Gasteiger partial charge in [0, 0.05) is 22.3 Å². The second-order valence-electron chi connectivity index (χ2n) is 7.65. The Hall–Kier alpha value is -4.32. The van der Waals surface area contributed by atoms with Crippen LogP contribution in [-0.2, 0) is 0 Å². The Bertz CT molecular complexity index is 1380. The van der Waals surface area contributed by atoms with E-state index in [1.54, 1.807) is 48.5 Å². The van der Waals surface area contributed by atoms with E-state index in [1.807, 2.05) is 0 Å². The van der Waals surface area contributed by atoms with Gasteiger partial charge in [-0.15, -0.1) is 0 Å². The number of rotatable bonds is 4. The Kier molecular flexibility index (Phi) is 5.64. The molecule has 1 heterocycles. The monoisotopic (exact) mass is 456 g/mol. The van der Waals surface area contributed by atoms with Gasteiger partial charge in [0.25, 0.3) is 0 Å². The van der Waals surface area contributed by atoms with Crippen molar-refractivity contribution >= 4 is 0 Å². The maximum atomic E-state index is 13.7. The molecule has 5 aromatic rings. The molecular formula is C28H16F4N2. The van der Waals surface area contributed by atoms with Crippen LogP contribution in [0.2, 0.25) is 0 Å². The minimum atomic E-state index is -0.404. The smallest absolute Gasteiger partial charge is 0.160 e. The highest BCUT2D eigenvalue weighted by Crippen LogP contribution is 2.39. The standard InChI is InChI=1S/C28H16F4N2/c29-21-9-1-17(2-10-21)25-26(18-3-11-22(30)12-4-18)33-28(20-7-15-24(32)16-8-20)34-27(25)19-5-13-23(31)14-6-19/h1-16H. The molecule has 0 bridgehead atoms. The third-order valence-corrected chi connectivity index (χ3v) is 5.38. The van der Waals surface area contributed by atoms with Crippen molar-refractivity contribution in [1.29, 1.82) is 0 Å². The zero-order chi connectivity index (χ0) is 23.7. The van der Waals surface area contributed by atoms with E-state index in [9.17, 15) is 17.6 Å². The molecule has 0 atom stereocenters. The van der Waals surface area contributed by atoms with Gasteiger partial charge >= 0.3 is 0 Å². The van der Waals surface area contributed by atoms with E-state index >= 15 is 0 Å². The Morgan fingerprint density at radius 2 is 0.647 bits per heavy atom. The van der Waals surface area contributed by atoms with Crippen molar-refractivity contribution in [3.05, 3.63) is 120 Å². The molecule has 0 spiro atoms. The van der Waals surface area contributed by atoms with Gasteiger partial charge in [0.1, 0.15) is 23.3 Å². The van der Waals surface area contributed by atoms with E-state index in [2.05, 4.69) is 0 Å². The van der Waals surface area contributed by atoms with Crippen molar-refractivity contribution in [2.45, 2.75) is 0 Å². The average Bonchev–Trinajstić information content (AvgIpc) is 2.85. The molecule has 0 saturated heterocycles. The van der Waals surface area contributed by atoms with Gasteiger partial charge in [0.2, 0.25) is 0 Å². The molecule has 0 saturated carbocycles. The van der Waals surface area contributed by atoms with Crippen LogP contribution < -0.4 is 0 Å². The second kappa shape index (κ2) is 8.90.